The Kier molecular flexibility index (Phi) is 38.2. The highest BCUT2D eigenvalue weighted by Gasteiger charge is 2.45. The molecular weight excluding hydrogens is 1480 g/mol. The quantitative estimate of drug-likeness (QED) is 0.0165. The molecule has 25 N–H and O–H groups in total. The van der Waals surface area contributed by atoms with Crippen molar-refractivity contribution in [3.63, 3.8) is 0 Å². The Morgan fingerprint density at radius 3 is 1.24 bits per heavy atom. The molecule has 4 rings (SSSR count). The van der Waals surface area contributed by atoms with Crippen molar-refractivity contribution in [2.75, 3.05) is 26.2 Å². The number of hydrogen-bond acceptors (Lipinski definition) is 21. The van der Waals surface area contributed by atoms with Crippen molar-refractivity contribution < 1.29 is 107 Å². The molecule has 3 saturated heterocycles. The van der Waals surface area contributed by atoms with Crippen LogP contribution in [-0.4, -0.2) is 252 Å². The van der Waals surface area contributed by atoms with Gasteiger partial charge in [0.05, 0.1) is 6.04 Å². The second-order valence-corrected chi connectivity index (χ2v) is 29.7. The topological polar surface area (TPSA) is 675 Å². The van der Waals surface area contributed by atoms with Gasteiger partial charge >= 0.3 is 17.9 Å². The van der Waals surface area contributed by atoms with Gasteiger partial charge in [-0.15, -0.1) is 0 Å². The van der Waals surface area contributed by atoms with Gasteiger partial charge in [0, 0.05) is 64.7 Å². The maximum atomic E-state index is 14.8. The van der Waals surface area contributed by atoms with Gasteiger partial charge < -0.3 is 117 Å². The molecule has 0 spiro atoms. The number of aromatic hydroxyl groups is 1. The summed E-state index contributed by atoms with van der Waals surface area (Å²) in [6, 6.07) is -13.7. The molecule has 0 aliphatic carbocycles. The van der Waals surface area contributed by atoms with Crippen LogP contribution in [0.4, 0.5) is 0 Å². The number of carbonyl (C=O) groups excluding carboxylic acids is 15. The van der Waals surface area contributed by atoms with E-state index < -0.39 is 248 Å². The molecule has 13 atom stereocenters. The zero-order valence-corrected chi connectivity index (χ0v) is 64.6. The van der Waals surface area contributed by atoms with Crippen LogP contribution in [0, 0.1) is 17.8 Å². The number of nitrogens with one attached hydrogen (secondary N) is 9. The van der Waals surface area contributed by atoms with Crippen molar-refractivity contribution in [1.82, 2.24) is 62.6 Å². The van der Waals surface area contributed by atoms with Crippen LogP contribution in [0.3, 0.4) is 0 Å². The van der Waals surface area contributed by atoms with E-state index in [1.165, 1.54) is 29.2 Å². The third-order valence-corrected chi connectivity index (χ3v) is 19.2. The summed E-state index contributed by atoms with van der Waals surface area (Å²) in [5.41, 5.74) is 33.7. The summed E-state index contributed by atoms with van der Waals surface area (Å²) in [6.07, 6.45) is -4.53. The number of likely N-dealkylation sites (tertiary alicyclic amines) is 3. The highest BCUT2D eigenvalue weighted by atomic mass is 16.4. The molecule has 0 saturated carbocycles. The first-order valence-electron chi connectivity index (χ1n) is 37.8. The smallest absolute Gasteiger partial charge is 0.326 e. The maximum Gasteiger partial charge on any atom is 0.326 e. The first kappa shape index (κ1) is 94.1. The number of nitrogens with two attached hydrogens (primary N) is 6. The van der Waals surface area contributed by atoms with E-state index in [1.807, 2.05) is 0 Å². The van der Waals surface area contributed by atoms with Crippen LogP contribution in [0.2, 0.25) is 0 Å². The molecule has 0 bridgehead atoms. The average molecular weight is 1600 g/mol. The minimum Gasteiger partial charge on any atom is -0.508 e. The molecule has 41 nitrogen and oxygen atoms in total. The molecule has 3 aliphatic rings. The molecule has 3 fully saturated rings. The van der Waals surface area contributed by atoms with E-state index >= 15 is 0 Å². The number of phenolic OH excluding ortho intramolecular Hbond substituents is 1. The number of rotatable bonds is 48. The summed E-state index contributed by atoms with van der Waals surface area (Å²) in [6.45, 7) is 10.0. The van der Waals surface area contributed by atoms with Crippen molar-refractivity contribution >= 4 is 112 Å². The molecule has 3 aliphatic heterocycles. The number of primary amides is 3. The lowest BCUT2D eigenvalue weighted by Gasteiger charge is -2.33. The number of hydrogen-bond donors (Lipinski definition) is 19. The summed E-state index contributed by atoms with van der Waals surface area (Å²) in [5.74, 6) is -19.7. The Balaban J connectivity index is 1.59. The maximum absolute atomic E-state index is 14.8. The third-order valence-electron chi connectivity index (χ3n) is 19.2. The summed E-state index contributed by atoms with van der Waals surface area (Å²) in [4.78, 5) is 252. The number of carbonyl (C=O) groups is 18. The lowest BCUT2D eigenvalue weighted by molar-refractivity contribution is -0.150. The Bertz CT molecular complexity index is 3610. The van der Waals surface area contributed by atoms with Crippen LogP contribution in [0.15, 0.2) is 29.3 Å². The van der Waals surface area contributed by atoms with Crippen LogP contribution < -0.4 is 82.3 Å². The third kappa shape index (κ3) is 31.4. The first-order valence-corrected chi connectivity index (χ1v) is 37.8. The van der Waals surface area contributed by atoms with Gasteiger partial charge in [0.2, 0.25) is 88.6 Å². The van der Waals surface area contributed by atoms with Crippen LogP contribution in [0.1, 0.15) is 176 Å². The van der Waals surface area contributed by atoms with Gasteiger partial charge in [-0.3, -0.25) is 86.5 Å². The SMILES string of the molecule is CC(C)C[C@H](NC(=O)[C@H](CCC(=O)O)NC(=O)[C@@H]1CCCN1C(=O)[C@H](CC(C)C)NC(=O)[C@@H]1CCCN1C(=O)[C@H](CCC(N)=O)NC(=O)[C@H](CCCN=C(N)N)NC(=O)[C@@H](N)CCC(=O)O)C(=O)N[C@@H](CCC(N)=O)C(=O)N[C@@H](CCC(N)=O)C(=O)N[C@@H](Cc1ccc(O)cc1)C(=O)N[C@H](C(=O)N1CCC[C@H]1C(=O)O)C(C)C. The number of carboxylic acids is 3. The van der Waals surface area contributed by atoms with Crippen LogP contribution >= 0.6 is 0 Å². The molecule has 15 amide bonds. The van der Waals surface area contributed by atoms with Gasteiger partial charge in [0.1, 0.15) is 78.3 Å². The molecule has 1 aromatic carbocycles. The van der Waals surface area contributed by atoms with Crippen LogP contribution in [-0.2, 0) is 92.7 Å². The van der Waals surface area contributed by atoms with Crippen molar-refractivity contribution in [3.8, 4) is 5.75 Å². The summed E-state index contributed by atoms with van der Waals surface area (Å²) in [5, 5.41) is 61.8. The van der Waals surface area contributed by atoms with Crippen molar-refractivity contribution in [2.24, 2.45) is 57.1 Å². The van der Waals surface area contributed by atoms with Gasteiger partial charge in [-0.1, -0.05) is 53.7 Å². The molecule has 3 heterocycles. The minimum absolute atomic E-state index is 0.000474. The van der Waals surface area contributed by atoms with Crippen LogP contribution in [0.25, 0.3) is 0 Å². The zero-order chi connectivity index (χ0) is 84.7. The molecule has 0 unspecified atom stereocenters. The molecular formula is C72H113N19O22. The molecule has 0 radical (unpaired) electrons. The number of phenols is 1. The number of benzene rings is 1. The largest absolute Gasteiger partial charge is 0.508 e. The summed E-state index contributed by atoms with van der Waals surface area (Å²) < 4.78 is 0. The second-order valence-electron chi connectivity index (χ2n) is 29.7. The van der Waals surface area contributed by atoms with Crippen molar-refractivity contribution in [3.05, 3.63) is 29.8 Å². The van der Waals surface area contributed by atoms with E-state index in [9.17, 15) is 102 Å². The minimum atomic E-state index is -1.77. The number of aliphatic carboxylic acids is 3. The molecule has 1 aromatic rings. The highest BCUT2D eigenvalue weighted by molar-refractivity contribution is 6.01. The molecule has 41 heteroatoms. The molecule has 628 valence electrons. The van der Waals surface area contributed by atoms with E-state index in [0.717, 1.165) is 9.80 Å². The standard InChI is InChI=1S/C72H113N19O22/c1-36(2)33-47(64(105)82-43(20-24-53(74)93)61(102)81-44(21-25-54(75)94)62(103)86-48(35-39-15-17-40(92)18-16-39)65(106)88-58(38(5)6)70(111)91-32-10-14-52(91)71(112)113)85-63(104)45(23-28-57(98)99)83-66(107)50-12-9-31-90(50)69(110)49(34-37(3)4)87-67(108)51-13-8-30-89(51)68(109)46(22-26-55(76)95)84-60(101)42(11-7-29-79-72(77)78)80-59(100)41(73)19-27-56(96)97/h15-18,36-38,41-52,58,92H,7-14,19-35,73H2,1-6H3,(H2,74,93)(H2,75,94)(H2,76,95)(H,80,100)(H,81,102)(H,82,105)(H,83,107)(H,84,101)(H,85,104)(H,86,103)(H,87,108)(H,88,106)(H,96,97)(H,98,99)(H,112,113)(H4,77,78,79)/t41-,42-,43-,44-,45-,46-,47-,48-,49-,50-,51-,52-,58-/m0/s1. The predicted octanol–water partition coefficient (Wildman–Crippen LogP) is -4.99. The number of aliphatic imine (C=N–C) groups is 1. The fourth-order valence-electron chi connectivity index (χ4n) is 13.3. The number of carboxylic acid groups (broad SMARTS) is 3. The van der Waals surface area contributed by atoms with Crippen molar-refractivity contribution in [2.45, 2.75) is 255 Å². The molecule has 0 aromatic heterocycles. The Morgan fingerprint density at radius 2 is 0.788 bits per heavy atom. The first-order chi connectivity index (χ1) is 53.1. The van der Waals surface area contributed by atoms with E-state index in [1.54, 1.807) is 41.5 Å². The summed E-state index contributed by atoms with van der Waals surface area (Å²) in [7, 11) is 0. The van der Waals surface area contributed by atoms with E-state index in [-0.39, 0.29) is 121 Å². The average Bonchev–Trinajstić information content (AvgIpc) is 1.76. The van der Waals surface area contributed by atoms with E-state index in [2.05, 4.69) is 52.8 Å². The fraction of sp³-hybridized carbons (Fsp3) is 0.653. The number of guanidine groups is 1. The predicted molar refractivity (Wildman–Crippen MR) is 402 cm³/mol. The van der Waals surface area contributed by atoms with E-state index in [4.69, 9.17) is 39.5 Å². The van der Waals surface area contributed by atoms with Gasteiger partial charge in [-0.2, -0.15) is 0 Å². The van der Waals surface area contributed by atoms with E-state index in [0.29, 0.717) is 12.0 Å². The monoisotopic (exact) mass is 1600 g/mol. The van der Waals surface area contributed by atoms with Gasteiger partial charge in [-0.25, -0.2) is 4.79 Å². The lowest BCUT2D eigenvalue weighted by Crippen LogP contribution is -2.61. The Labute approximate surface area is 653 Å². The van der Waals surface area contributed by atoms with Gasteiger partial charge in [0.25, 0.3) is 0 Å². The van der Waals surface area contributed by atoms with Crippen LogP contribution in [0.5, 0.6) is 5.75 Å². The number of nitrogens with zero attached hydrogens (tertiary/aromatic N) is 4. The van der Waals surface area contributed by atoms with Crippen molar-refractivity contribution in [1.29, 1.82) is 0 Å². The number of amides is 15. The fourth-order valence-corrected chi connectivity index (χ4v) is 13.3. The van der Waals surface area contributed by atoms with Gasteiger partial charge in [-0.05, 0) is 132 Å². The Morgan fingerprint density at radius 1 is 0.425 bits per heavy atom. The summed E-state index contributed by atoms with van der Waals surface area (Å²) >= 11 is 0. The molecule has 113 heavy (non-hydrogen) atoms. The second kappa shape index (κ2) is 45.9. The normalized spacial score (nSPS) is 17.9. The van der Waals surface area contributed by atoms with Gasteiger partial charge in [0.15, 0.2) is 5.96 Å². The lowest BCUT2D eigenvalue weighted by atomic mass is 9.99. The Hall–Kier alpha value is -11.3. The highest BCUT2D eigenvalue weighted by Crippen LogP contribution is 2.26. The zero-order valence-electron chi connectivity index (χ0n) is 64.6.